The molecule has 0 aliphatic heterocycles. The number of carbonyl (C=O) groups excluding carboxylic acids is 1. The molecule has 6 nitrogen and oxygen atoms in total. The van der Waals surface area contributed by atoms with Crippen LogP contribution in [0.5, 0.6) is 0 Å². The standard InChI is InChI=1S/C12H11ClFN5O/c1-2-3-16-12(20)17-10-7-19(18-11(10)13)9-4-8(14)5-15-6-9/h2,4-7H,1,3H2,(H2,16,17,20). The van der Waals surface area contributed by atoms with E-state index in [2.05, 4.69) is 27.3 Å². The molecular weight excluding hydrogens is 285 g/mol. The molecule has 0 bridgehead atoms. The Morgan fingerprint density at radius 3 is 3.05 bits per heavy atom. The average molecular weight is 296 g/mol. The van der Waals surface area contributed by atoms with Crippen LogP contribution >= 0.6 is 11.6 Å². The Kier molecular flexibility index (Phi) is 4.31. The van der Waals surface area contributed by atoms with Crippen LogP contribution in [0.25, 0.3) is 5.69 Å². The molecule has 0 atom stereocenters. The van der Waals surface area contributed by atoms with Gasteiger partial charge in [0.2, 0.25) is 0 Å². The van der Waals surface area contributed by atoms with Crippen LogP contribution in [0, 0.1) is 5.82 Å². The van der Waals surface area contributed by atoms with E-state index < -0.39 is 11.8 Å². The van der Waals surface area contributed by atoms with E-state index in [1.165, 1.54) is 23.1 Å². The number of nitrogens with zero attached hydrogens (tertiary/aromatic N) is 3. The Bertz CT molecular complexity index is 643. The number of amides is 2. The molecular formula is C12H11ClFN5O. The van der Waals surface area contributed by atoms with Crippen LogP contribution in [0.3, 0.4) is 0 Å². The highest BCUT2D eigenvalue weighted by Crippen LogP contribution is 2.21. The van der Waals surface area contributed by atoms with Crippen LogP contribution in [-0.2, 0) is 0 Å². The summed E-state index contributed by atoms with van der Waals surface area (Å²) >= 11 is 5.90. The maximum atomic E-state index is 13.1. The number of nitrogens with one attached hydrogen (secondary N) is 2. The molecule has 0 aromatic carbocycles. The van der Waals surface area contributed by atoms with Gasteiger partial charge in [0.05, 0.1) is 24.3 Å². The van der Waals surface area contributed by atoms with Crippen LogP contribution < -0.4 is 10.6 Å². The zero-order chi connectivity index (χ0) is 14.5. The van der Waals surface area contributed by atoms with Crippen molar-refractivity contribution in [3.8, 4) is 5.69 Å². The molecule has 2 aromatic heterocycles. The molecule has 0 aliphatic carbocycles. The number of aromatic nitrogens is 3. The third-order valence-electron chi connectivity index (χ3n) is 2.28. The minimum atomic E-state index is -0.493. The molecule has 0 radical (unpaired) electrons. The molecule has 0 saturated carbocycles. The lowest BCUT2D eigenvalue weighted by Crippen LogP contribution is -2.28. The highest BCUT2D eigenvalue weighted by atomic mass is 35.5. The van der Waals surface area contributed by atoms with Crippen molar-refractivity contribution >= 4 is 23.3 Å². The summed E-state index contributed by atoms with van der Waals surface area (Å²) in [6.45, 7) is 3.81. The van der Waals surface area contributed by atoms with E-state index in [9.17, 15) is 9.18 Å². The number of halogens is 2. The minimum Gasteiger partial charge on any atom is -0.334 e. The molecule has 0 fully saturated rings. The van der Waals surface area contributed by atoms with Crippen LogP contribution in [0.2, 0.25) is 5.15 Å². The number of hydrogen-bond acceptors (Lipinski definition) is 3. The molecule has 20 heavy (non-hydrogen) atoms. The van der Waals surface area contributed by atoms with Gasteiger partial charge in [0.1, 0.15) is 11.5 Å². The Labute approximate surface area is 119 Å². The van der Waals surface area contributed by atoms with Gasteiger partial charge in [0.25, 0.3) is 0 Å². The average Bonchev–Trinajstić information content (AvgIpc) is 2.78. The smallest absolute Gasteiger partial charge is 0.319 e. The van der Waals surface area contributed by atoms with Gasteiger partial charge >= 0.3 is 6.03 Å². The Hall–Kier alpha value is -2.41. The first-order valence-electron chi connectivity index (χ1n) is 5.62. The summed E-state index contributed by atoms with van der Waals surface area (Å²) in [5.74, 6) is -0.493. The number of carbonyl (C=O) groups is 1. The highest BCUT2D eigenvalue weighted by Gasteiger charge is 2.11. The lowest BCUT2D eigenvalue weighted by Gasteiger charge is -2.03. The molecule has 0 unspecified atom stereocenters. The quantitative estimate of drug-likeness (QED) is 0.851. The van der Waals surface area contributed by atoms with Crippen molar-refractivity contribution in [1.82, 2.24) is 20.1 Å². The molecule has 2 rings (SSSR count). The summed E-state index contributed by atoms with van der Waals surface area (Å²) in [6, 6.07) is 0.807. The van der Waals surface area contributed by atoms with E-state index in [4.69, 9.17) is 11.6 Å². The van der Waals surface area contributed by atoms with Gasteiger partial charge in [-0.2, -0.15) is 5.10 Å². The zero-order valence-electron chi connectivity index (χ0n) is 10.3. The number of rotatable bonds is 4. The van der Waals surface area contributed by atoms with E-state index in [-0.39, 0.29) is 5.15 Å². The number of anilines is 1. The summed E-state index contributed by atoms with van der Waals surface area (Å²) in [4.78, 5) is 15.2. The monoisotopic (exact) mass is 295 g/mol. The SMILES string of the molecule is C=CCNC(=O)Nc1cn(-c2cncc(F)c2)nc1Cl. The summed E-state index contributed by atoms with van der Waals surface area (Å²) < 4.78 is 14.4. The van der Waals surface area contributed by atoms with E-state index in [1.54, 1.807) is 6.08 Å². The van der Waals surface area contributed by atoms with Crippen molar-refractivity contribution in [1.29, 1.82) is 0 Å². The third kappa shape index (κ3) is 3.33. The van der Waals surface area contributed by atoms with Crippen molar-refractivity contribution in [2.75, 3.05) is 11.9 Å². The van der Waals surface area contributed by atoms with Crippen LogP contribution in [0.4, 0.5) is 14.9 Å². The topological polar surface area (TPSA) is 71.8 Å². The summed E-state index contributed by atoms with van der Waals surface area (Å²) in [5, 5.41) is 9.11. The second-order valence-corrected chi connectivity index (χ2v) is 4.12. The molecule has 2 amide bonds. The maximum absolute atomic E-state index is 13.1. The van der Waals surface area contributed by atoms with Crippen molar-refractivity contribution < 1.29 is 9.18 Å². The van der Waals surface area contributed by atoms with Gasteiger partial charge in [-0.05, 0) is 0 Å². The van der Waals surface area contributed by atoms with Crippen LogP contribution in [0.15, 0.2) is 37.3 Å². The fourth-order valence-corrected chi connectivity index (χ4v) is 1.60. The minimum absolute atomic E-state index is 0.0861. The Balaban J connectivity index is 2.17. The molecule has 8 heteroatoms. The third-order valence-corrected chi connectivity index (χ3v) is 2.56. The van der Waals surface area contributed by atoms with Crippen molar-refractivity contribution in [2.45, 2.75) is 0 Å². The van der Waals surface area contributed by atoms with E-state index in [0.29, 0.717) is 17.9 Å². The van der Waals surface area contributed by atoms with E-state index in [0.717, 1.165) is 6.20 Å². The van der Waals surface area contributed by atoms with E-state index in [1.807, 2.05) is 0 Å². The number of pyridine rings is 1. The van der Waals surface area contributed by atoms with Gasteiger partial charge in [0, 0.05) is 12.6 Å². The fourth-order valence-electron chi connectivity index (χ4n) is 1.43. The first-order chi connectivity index (χ1) is 9.60. The van der Waals surface area contributed by atoms with Crippen molar-refractivity contribution in [2.24, 2.45) is 0 Å². The lowest BCUT2D eigenvalue weighted by atomic mass is 10.4. The van der Waals surface area contributed by atoms with Gasteiger partial charge in [0.15, 0.2) is 5.15 Å². The van der Waals surface area contributed by atoms with Crippen molar-refractivity contribution in [3.05, 3.63) is 48.3 Å². The maximum Gasteiger partial charge on any atom is 0.319 e. The molecule has 104 valence electrons. The first kappa shape index (κ1) is 14.0. The normalized spacial score (nSPS) is 10.1. The predicted molar refractivity (Wildman–Crippen MR) is 73.5 cm³/mol. The summed E-state index contributed by atoms with van der Waals surface area (Å²) in [7, 11) is 0. The molecule has 2 aromatic rings. The molecule has 0 spiro atoms. The highest BCUT2D eigenvalue weighted by molar-refractivity contribution is 6.32. The number of hydrogen-bond donors (Lipinski definition) is 2. The molecule has 2 N–H and O–H groups in total. The van der Waals surface area contributed by atoms with Gasteiger partial charge in [-0.3, -0.25) is 4.98 Å². The van der Waals surface area contributed by atoms with E-state index >= 15 is 0 Å². The van der Waals surface area contributed by atoms with Gasteiger partial charge in [-0.1, -0.05) is 17.7 Å². The van der Waals surface area contributed by atoms with Crippen LogP contribution in [0.1, 0.15) is 0 Å². The summed E-state index contributed by atoms with van der Waals surface area (Å²) in [6.07, 6.45) is 5.51. The Morgan fingerprint density at radius 2 is 2.35 bits per heavy atom. The number of urea groups is 1. The largest absolute Gasteiger partial charge is 0.334 e. The first-order valence-corrected chi connectivity index (χ1v) is 6.00. The second-order valence-electron chi connectivity index (χ2n) is 3.76. The van der Waals surface area contributed by atoms with Gasteiger partial charge in [-0.15, -0.1) is 6.58 Å². The van der Waals surface area contributed by atoms with Gasteiger partial charge in [-0.25, -0.2) is 13.9 Å². The lowest BCUT2D eigenvalue weighted by molar-refractivity contribution is 0.253. The van der Waals surface area contributed by atoms with Gasteiger partial charge < -0.3 is 10.6 Å². The van der Waals surface area contributed by atoms with Crippen molar-refractivity contribution in [3.63, 3.8) is 0 Å². The molecule has 2 heterocycles. The molecule has 0 aliphatic rings. The second kappa shape index (κ2) is 6.16. The molecule has 0 saturated heterocycles. The predicted octanol–water partition coefficient (Wildman–Crippen LogP) is 2.37. The fraction of sp³-hybridized carbons (Fsp3) is 0.0833. The van der Waals surface area contributed by atoms with Crippen LogP contribution in [-0.4, -0.2) is 27.3 Å². The zero-order valence-corrected chi connectivity index (χ0v) is 11.1. The summed E-state index contributed by atoms with van der Waals surface area (Å²) in [5.41, 5.74) is 0.698. The Morgan fingerprint density at radius 1 is 1.55 bits per heavy atom.